The minimum absolute atomic E-state index is 0.0959. The molecular formula is C24H34N2+2. The Morgan fingerprint density at radius 3 is 2.54 bits per heavy atom. The molecule has 0 bridgehead atoms. The fourth-order valence-corrected chi connectivity index (χ4v) is 5.63. The van der Waals surface area contributed by atoms with Crippen LogP contribution < -0.4 is 9.05 Å². The van der Waals surface area contributed by atoms with Gasteiger partial charge < -0.3 is 0 Å². The Morgan fingerprint density at radius 1 is 1.08 bits per heavy atom. The molecule has 2 unspecified atom stereocenters. The lowest BCUT2D eigenvalue weighted by Crippen LogP contribution is -2.67. The van der Waals surface area contributed by atoms with Gasteiger partial charge in [0.2, 0.25) is 5.69 Å². The van der Waals surface area contributed by atoms with Crippen LogP contribution in [-0.2, 0) is 17.4 Å². The third kappa shape index (κ3) is 2.11. The average Bonchev–Trinajstić information content (AvgIpc) is 2.65. The second-order valence-electron chi connectivity index (χ2n) is 9.31. The van der Waals surface area contributed by atoms with Crippen LogP contribution in [0.25, 0.3) is 11.3 Å². The summed E-state index contributed by atoms with van der Waals surface area (Å²) in [6.45, 7) is 10.9. The Kier molecular flexibility index (Phi) is 3.86. The standard InChI is InChI=1S/C24H34N2/c1-7-23(3)20-16-18-12-11-15-26(5,6)22(18)17-19(20)21-13-9-10-14-25(21)24(23,4)8-2/h9-10,13-14,16-17H,7-8,11-12,15H2,1-6H3/q+2. The molecule has 3 heterocycles. The number of benzene rings is 1. The zero-order valence-corrected chi connectivity index (χ0v) is 17.4. The van der Waals surface area contributed by atoms with Gasteiger partial charge in [0.05, 0.1) is 31.6 Å². The van der Waals surface area contributed by atoms with Crippen LogP contribution in [0.1, 0.15) is 58.1 Å². The van der Waals surface area contributed by atoms with Crippen molar-refractivity contribution in [2.24, 2.45) is 0 Å². The van der Waals surface area contributed by atoms with Gasteiger partial charge in [-0.2, -0.15) is 4.57 Å². The molecule has 0 N–H and O–H groups in total. The van der Waals surface area contributed by atoms with Crippen molar-refractivity contribution < 1.29 is 4.57 Å². The molecule has 0 saturated carbocycles. The number of hydrogen-bond acceptors (Lipinski definition) is 0. The number of hydrogen-bond donors (Lipinski definition) is 0. The Hall–Kier alpha value is -1.67. The van der Waals surface area contributed by atoms with Crippen LogP contribution in [0.15, 0.2) is 36.5 Å². The molecule has 2 nitrogen and oxygen atoms in total. The lowest BCUT2D eigenvalue weighted by molar-refractivity contribution is -0.765. The Morgan fingerprint density at radius 2 is 1.85 bits per heavy atom. The van der Waals surface area contributed by atoms with E-state index in [9.17, 15) is 0 Å². The van der Waals surface area contributed by atoms with Gasteiger partial charge >= 0.3 is 0 Å². The molecule has 2 heteroatoms. The van der Waals surface area contributed by atoms with Gasteiger partial charge in [0, 0.05) is 43.5 Å². The minimum atomic E-state index is 0.0959. The third-order valence-corrected chi connectivity index (χ3v) is 7.88. The van der Waals surface area contributed by atoms with E-state index in [1.807, 2.05) is 0 Å². The molecule has 2 aliphatic rings. The summed E-state index contributed by atoms with van der Waals surface area (Å²) in [5, 5.41) is 0. The number of aryl methyl sites for hydroxylation is 1. The van der Waals surface area contributed by atoms with Crippen molar-refractivity contribution in [3.63, 3.8) is 0 Å². The first kappa shape index (κ1) is 17.7. The number of fused-ring (bicyclic) bond motifs is 4. The third-order valence-electron chi connectivity index (χ3n) is 7.88. The number of quaternary nitrogens is 1. The molecule has 26 heavy (non-hydrogen) atoms. The van der Waals surface area contributed by atoms with E-state index in [0.717, 1.165) is 17.3 Å². The first-order chi connectivity index (χ1) is 12.3. The fourth-order valence-electron chi connectivity index (χ4n) is 5.63. The molecule has 2 aliphatic heterocycles. The van der Waals surface area contributed by atoms with E-state index in [4.69, 9.17) is 0 Å². The first-order valence-electron chi connectivity index (χ1n) is 10.3. The minimum Gasteiger partial charge on any atom is -0.296 e. The summed E-state index contributed by atoms with van der Waals surface area (Å²) in [5.74, 6) is 0. The van der Waals surface area contributed by atoms with Gasteiger partial charge in [-0.05, 0) is 37.5 Å². The molecule has 0 radical (unpaired) electrons. The van der Waals surface area contributed by atoms with Crippen LogP contribution in [0.2, 0.25) is 0 Å². The van der Waals surface area contributed by atoms with E-state index in [2.05, 4.69) is 82.9 Å². The second kappa shape index (κ2) is 5.66. The lowest BCUT2D eigenvalue weighted by atomic mass is 9.60. The lowest BCUT2D eigenvalue weighted by Gasteiger charge is -2.47. The maximum Gasteiger partial charge on any atom is 0.213 e. The summed E-state index contributed by atoms with van der Waals surface area (Å²) in [6.07, 6.45) is 7.11. The molecule has 4 rings (SSSR count). The van der Waals surface area contributed by atoms with Gasteiger partial charge in [0.25, 0.3) is 0 Å². The fraction of sp³-hybridized carbons (Fsp3) is 0.542. The van der Waals surface area contributed by atoms with Gasteiger partial charge in [-0.25, -0.2) is 0 Å². The largest absolute Gasteiger partial charge is 0.296 e. The molecule has 0 amide bonds. The van der Waals surface area contributed by atoms with Crippen LogP contribution in [0.4, 0.5) is 5.69 Å². The van der Waals surface area contributed by atoms with Crippen LogP contribution >= 0.6 is 0 Å². The van der Waals surface area contributed by atoms with Crippen molar-refractivity contribution in [2.75, 3.05) is 20.6 Å². The Bertz CT molecular complexity index is 867. The van der Waals surface area contributed by atoms with Crippen LogP contribution in [-0.4, -0.2) is 20.6 Å². The summed E-state index contributed by atoms with van der Waals surface area (Å²) in [7, 11) is 4.73. The number of pyridine rings is 1. The second-order valence-corrected chi connectivity index (χ2v) is 9.31. The van der Waals surface area contributed by atoms with Crippen molar-refractivity contribution in [3.05, 3.63) is 47.7 Å². The topological polar surface area (TPSA) is 3.88 Å². The van der Waals surface area contributed by atoms with Gasteiger partial charge in [-0.1, -0.05) is 13.8 Å². The molecule has 1 aromatic heterocycles. The van der Waals surface area contributed by atoms with Gasteiger partial charge in [0.15, 0.2) is 11.7 Å². The average molecular weight is 351 g/mol. The number of nitrogens with zero attached hydrogens (tertiary/aromatic N) is 2. The van der Waals surface area contributed by atoms with Gasteiger partial charge in [-0.3, -0.25) is 4.48 Å². The van der Waals surface area contributed by atoms with E-state index in [0.29, 0.717) is 0 Å². The number of aromatic nitrogens is 1. The smallest absolute Gasteiger partial charge is 0.213 e. The highest BCUT2D eigenvalue weighted by atomic mass is 15.3. The highest BCUT2D eigenvalue weighted by Crippen LogP contribution is 2.51. The molecule has 2 aromatic rings. The monoisotopic (exact) mass is 350 g/mol. The molecule has 2 atom stereocenters. The van der Waals surface area contributed by atoms with Crippen LogP contribution in [0.3, 0.4) is 0 Å². The van der Waals surface area contributed by atoms with E-state index in [1.54, 1.807) is 11.1 Å². The van der Waals surface area contributed by atoms with Crippen LogP contribution in [0, 0.1) is 0 Å². The highest BCUT2D eigenvalue weighted by Gasteiger charge is 2.56. The SMILES string of the molecule is CCC1(C)c2cc3c(cc2-c2cccc[n+]2C1(C)CC)[N+](C)(C)CCC3. The van der Waals surface area contributed by atoms with E-state index >= 15 is 0 Å². The predicted octanol–water partition coefficient (Wildman–Crippen LogP) is 4.96. The normalized spacial score (nSPS) is 28.8. The molecule has 0 aliphatic carbocycles. The first-order valence-corrected chi connectivity index (χ1v) is 10.3. The van der Waals surface area contributed by atoms with Crippen molar-refractivity contribution in [2.45, 2.75) is 64.3 Å². The summed E-state index contributed by atoms with van der Waals surface area (Å²) >= 11 is 0. The molecule has 0 saturated heterocycles. The summed E-state index contributed by atoms with van der Waals surface area (Å²) < 4.78 is 3.57. The Labute approximate surface area is 159 Å². The van der Waals surface area contributed by atoms with Crippen LogP contribution in [0.5, 0.6) is 0 Å². The summed E-state index contributed by atoms with van der Waals surface area (Å²) in [4.78, 5) is 0. The Balaban J connectivity index is 2.09. The molecule has 0 fully saturated rings. The summed E-state index contributed by atoms with van der Waals surface area (Å²) in [6, 6.07) is 11.8. The van der Waals surface area contributed by atoms with Gasteiger partial charge in [-0.15, -0.1) is 0 Å². The molecular weight excluding hydrogens is 316 g/mol. The molecule has 1 aromatic carbocycles. The molecule has 138 valence electrons. The predicted molar refractivity (Wildman–Crippen MR) is 110 cm³/mol. The zero-order valence-electron chi connectivity index (χ0n) is 17.4. The molecule has 0 spiro atoms. The van der Waals surface area contributed by atoms with Crippen molar-refractivity contribution >= 4 is 5.69 Å². The van der Waals surface area contributed by atoms with Crippen molar-refractivity contribution in [1.82, 2.24) is 4.48 Å². The van der Waals surface area contributed by atoms with Crippen molar-refractivity contribution in [1.29, 1.82) is 0 Å². The quantitative estimate of drug-likeness (QED) is 0.532. The summed E-state index contributed by atoms with van der Waals surface area (Å²) in [5.41, 5.74) is 7.72. The van der Waals surface area contributed by atoms with E-state index < -0.39 is 0 Å². The van der Waals surface area contributed by atoms with E-state index in [1.165, 1.54) is 36.3 Å². The van der Waals surface area contributed by atoms with Crippen molar-refractivity contribution in [3.8, 4) is 11.3 Å². The number of rotatable bonds is 2. The maximum atomic E-state index is 2.58. The highest BCUT2D eigenvalue weighted by molar-refractivity contribution is 5.72. The van der Waals surface area contributed by atoms with Gasteiger partial charge in [0.1, 0.15) is 5.69 Å². The zero-order chi connectivity index (χ0) is 18.7. The van der Waals surface area contributed by atoms with E-state index in [-0.39, 0.29) is 11.0 Å². The maximum absolute atomic E-state index is 2.58.